The molecule has 1 aromatic heterocycles. The Bertz CT molecular complexity index is 403. The molecular weight excluding hydrogens is 216 g/mol. The van der Waals surface area contributed by atoms with Crippen LogP contribution in [0.4, 0.5) is 5.69 Å². The van der Waals surface area contributed by atoms with Gasteiger partial charge in [-0.2, -0.15) is 0 Å². The molecule has 0 aromatic carbocycles. The number of carbonyl (C=O) groups is 1. The molecule has 17 heavy (non-hydrogen) atoms. The number of hydrogen-bond donors (Lipinski definition) is 2. The van der Waals surface area contributed by atoms with Crippen LogP contribution in [0.2, 0.25) is 0 Å². The van der Waals surface area contributed by atoms with E-state index in [4.69, 9.17) is 11.5 Å². The van der Waals surface area contributed by atoms with Gasteiger partial charge in [0.15, 0.2) is 0 Å². The van der Waals surface area contributed by atoms with Gasteiger partial charge < -0.3 is 16.4 Å². The number of primary amides is 1. The molecule has 0 saturated heterocycles. The maximum absolute atomic E-state index is 11.1. The number of hydrogen-bond acceptors (Lipinski definition) is 4. The van der Waals surface area contributed by atoms with Crippen molar-refractivity contribution in [2.75, 3.05) is 18.0 Å². The molecule has 1 fully saturated rings. The molecule has 1 aromatic rings. The van der Waals surface area contributed by atoms with Crippen molar-refractivity contribution in [2.45, 2.75) is 25.3 Å². The van der Waals surface area contributed by atoms with Crippen LogP contribution in [0.15, 0.2) is 18.3 Å². The van der Waals surface area contributed by atoms with Crippen LogP contribution >= 0.6 is 0 Å². The van der Waals surface area contributed by atoms with Crippen LogP contribution in [0.3, 0.4) is 0 Å². The summed E-state index contributed by atoms with van der Waals surface area (Å²) in [5.41, 5.74) is 12.2. The summed E-state index contributed by atoms with van der Waals surface area (Å²) >= 11 is 0. The van der Waals surface area contributed by atoms with Crippen LogP contribution in [-0.4, -0.2) is 30.0 Å². The minimum Gasteiger partial charge on any atom is -0.367 e. The van der Waals surface area contributed by atoms with Crippen molar-refractivity contribution < 1.29 is 4.79 Å². The Morgan fingerprint density at radius 1 is 1.53 bits per heavy atom. The van der Waals surface area contributed by atoms with Crippen molar-refractivity contribution in [3.05, 3.63) is 24.0 Å². The fourth-order valence-electron chi connectivity index (χ4n) is 2.09. The van der Waals surface area contributed by atoms with Crippen LogP contribution in [0.1, 0.15) is 29.8 Å². The Hall–Kier alpha value is -1.62. The van der Waals surface area contributed by atoms with Gasteiger partial charge >= 0.3 is 0 Å². The molecule has 1 heterocycles. The van der Waals surface area contributed by atoms with E-state index in [2.05, 4.69) is 9.88 Å². The van der Waals surface area contributed by atoms with Gasteiger partial charge in [0.25, 0.3) is 5.91 Å². The molecule has 4 N–H and O–H groups in total. The summed E-state index contributed by atoms with van der Waals surface area (Å²) in [5, 5.41) is 0. The quantitative estimate of drug-likeness (QED) is 0.776. The van der Waals surface area contributed by atoms with E-state index in [1.165, 1.54) is 19.3 Å². The zero-order chi connectivity index (χ0) is 12.3. The molecule has 0 aliphatic heterocycles. The second kappa shape index (κ2) is 5.14. The zero-order valence-electron chi connectivity index (χ0n) is 9.80. The van der Waals surface area contributed by atoms with E-state index >= 15 is 0 Å². The molecule has 0 radical (unpaired) electrons. The lowest BCUT2D eigenvalue weighted by molar-refractivity contribution is 0.0995. The number of amides is 1. The number of anilines is 1. The van der Waals surface area contributed by atoms with Gasteiger partial charge in [0.2, 0.25) is 0 Å². The summed E-state index contributed by atoms with van der Waals surface area (Å²) in [6.07, 6.45) is 5.26. The first-order chi connectivity index (χ1) is 8.22. The van der Waals surface area contributed by atoms with Crippen LogP contribution in [0.25, 0.3) is 0 Å². The maximum Gasteiger partial charge on any atom is 0.267 e. The Morgan fingerprint density at radius 3 is 2.82 bits per heavy atom. The Kier molecular flexibility index (Phi) is 3.58. The van der Waals surface area contributed by atoms with Gasteiger partial charge in [-0.15, -0.1) is 0 Å². The monoisotopic (exact) mass is 234 g/mol. The van der Waals surface area contributed by atoms with Gasteiger partial charge in [-0.3, -0.25) is 9.78 Å². The van der Waals surface area contributed by atoms with E-state index in [0.29, 0.717) is 18.3 Å². The highest BCUT2D eigenvalue weighted by Crippen LogP contribution is 2.29. The normalized spacial score (nSPS) is 15.4. The summed E-state index contributed by atoms with van der Waals surface area (Å²) in [7, 11) is 0. The molecule has 0 bridgehead atoms. The average Bonchev–Trinajstić information content (AvgIpc) is 2.26. The molecule has 2 rings (SSSR count). The van der Waals surface area contributed by atoms with E-state index in [9.17, 15) is 4.79 Å². The number of carbonyl (C=O) groups excluding carboxylic acids is 1. The molecule has 0 unspecified atom stereocenters. The third-order valence-corrected chi connectivity index (χ3v) is 3.21. The molecule has 5 nitrogen and oxygen atoms in total. The van der Waals surface area contributed by atoms with Gasteiger partial charge in [0.05, 0.1) is 0 Å². The van der Waals surface area contributed by atoms with E-state index in [-0.39, 0.29) is 0 Å². The smallest absolute Gasteiger partial charge is 0.267 e. The summed E-state index contributed by atoms with van der Waals surface area (Å²) in [6, 6.07) is 4.19. The summed E-state index contributed by atoms with van der Waals surface area (Å²) < 4.78 is 0. The molecular formula is C12H18N4O. The van der Waals surface area contributed by atoms with Crippen molar-refractivity contribution in [1.82, 2.24) is 4.98 Å². The Balaban J connectivity index is 2.22. The van der Waals surface area contributed by atoms with Gasteiger partial charge in [-0.05, 0) is 31.4 Å². The number of pyridine rings is 1. The first kappa shape index (κ1) is 11.9. The summed E-state index contributed by atoms with van der Waals surface area (Å²) in [5.74, 6) is -0.492. The highest BCUT2D eigenvalue weighted by Gasteiger charge is 2.25. The molecule has 1 aliphatic rings. The second-order valence-electron chi connectivity index (χ2n) is 4.33. The summed E-state index contributed by atoms with van der Waals surface area (Å²) in [4.78, 5) is 17.3. The lowest BCUT2D eigenvalue weighted by Gasteiger charge is -2.39. The Labute approximate surface area is 101 Å². The molecule has 0 spiro atoms. The van der Waals surface area contributed by atoms with Crippen LogP contribution in [0.5, 0.6) is 0 Å². The number of nitrogens with two attached hydrogens (primary N) is 2. The van der Waals surface area contributed by atoms with Crippen molar-refractivity contribution in [3.8, 4) is 0 Å². The zero-order valence-corrected chi connectivity index (χ0v) is 9.80. The van der Waals surface area contributed by atoms with E-state index in [1.54, 1.807) is 12.3 Å². The molecule has 1 aliphatic carbocycles. The summed E-state index contributed by atoms with van der Waals surface area (Å²) in [6.45, 7) is 1.40. The third kappa shape index (κ3) is 2.55. The molecule has 1 saturated carbocycles. The first-order valence-corrected chi connectivity index (χ1v) is 5.95. The SMILES string of the molecule is NCCN(c1ccnc(C(N)=O)c1)C1CCC1. The van der Waals surface area contributed by atoms with Crippen molar-refractivity contribution in [1.29, 1.82) is 0 Å². The van der Waals surface area contributed by atoms with Crippen LogP contribution < -0.4 is 16.4 Å². The first-order valence-electron chi connectivity index (χ1n) is 5.95. The van der Waals surface area contributed by atoms with Gasteiger partial charge in [0, 0.05) is 31.0 Å². The Morgan fingerprint density at radius 2 is 2.29 bits per heavy atom. The minimum atomic E-state index is -0.492. The largest absolute Gasteiger partial charge is 0.367 e. The topological polar surface area (TPSA) is 85.2 Å². The average molecular weight is 234 g/mol. The standard InChI is InChI=1S/C12H18N4O/c13-5-7-16(9-2-1-3-9)10-4-6-15-11(8-10)12(14)17/h4,6,8-9H,1-3,5,7,13H2,(H2,14,17). The molecule has 1 amide bonds. The highest BCUT2D eigenvalue weighted by atomic mass is 16.1. The van der Waals surface area contributed by atoms with Crippen molar-refractivity contribution in [3.63, 3.8) is 0 Å². The molecule has 5 heteroatoms. The van der Waals surface area contributed by atoms with Crippen LogP contribution in [-0.2, 0) is 0 Å². The fraction of sp³-hybridized carbons (Fsp3) is 0.500. The molecule has 0 atom stereocenters. The van der Waals surface area contributed by atoms with E-state index in [1.807, 2.05) is 6.07 Å². The van der Waals surface area contributed by atoms with Crippen molar-refractivity contribution in [2.24, 2.45) is 11.5 Å². The fourth-order valence-corrected chi connectivity index (χ4v) is 2.09. The third-order valence-electron chi connectivity index (χ3n) is 3.21. The predicted octanol–water partition coefficient (Wildman–Crippen LogP) is 0.498. The number of nitrogens with zero attached hydrogens (tertiary/aromatic N) is 2. The van der Waals surface area contributed by atoms with Gasteiger partial charge in [-0.1, -0.05) is 0 Å². The number of rotatable bonds is 5. The van der Waals surface area contributed by atoms with Gasteiger partial charge in [0.1, 0.15) is 5.69 Å². The van der Waals surface area contributed by atoms with Gasteiger partial charge in [-0.25, -0.2) is 0 Å². The highest BCUT2D eigenvalue weighted by molar-refractivity contribution is 5.91. The van der Waals surface area contributed by atoms with Crippen molar-refractivity contribution >= 4 is 11.6 Å². The minimum absolute atomic E-state index is 0.309. The lowest BCUT2D eigenvalue weighted by Crippen LogP contribution is -2.43. The van der Waals surface area contributed by atoms with E-state index in [0.717, 1.165) is 12.2 Å². The second-order valence-corrected chi connectivity index (χ2v) is 4.33. The van der Waals surface area contributed by atoms with Crippen LogP contribution in [0, 0.1) is 0 Å². The van der Waals surface area contributed by atoms with E-state index < -0.39 is 5.91 Å². The number of aromatic nitrogens is 1. The predicted molar refractivity (Wildman–Crippen MR) is 66.8 cm³/mol. The maximum atomic E-state index is 11.1. The molecule has 92 valence electrons. The lowest BCUT2D eigenvalue weighted by atomic mass is 9.91.